The third kappa shape index (κ3) is 6.40. The van der Waals surface area contributed by atoms with E-state index in [9.17, 15) is 0 Å². The lowest BCUT2D eigenvalue weighted by atomic mass is 9.90. The molecule has 0 N–H and O–H groups in total. The Morgan fingerprint density at radius 1 is 0.381 bits per heavy atom. The molecule has 9 aromatic rings. The third-order valence-corrected chi connectivity index (χ3v) is 24.0. The molecule has 10 rings (SSSR count). The molecule has 1 aliphatic rings. The maximum Gasteiger partial charge on any atom is 0.0579 e. The summed E-state index contributed by atoms with van der Waals surface area (Å²) in [5, 5.41) is 7.99. The van der Waals surface area contributed by atoms with Gasteiger partial charge in [-0.3, -0.25) is 0 Å². The molecule has 0 spiro atoms. The molecule has 312 valence electrons. The standard InChI is InChI=1S/C59H58N2Si2/c1-39-25-31-55(41(3)33-39)60(45-19-13-11-14-20-45)47-28-27-43-36-53-54(37-44(43)35-47)59(62(5,6)7,63(8,9)10)58-51-30-29-48(38-52(51)49-23-17-18-24-50(49)57(53)58)61(46-21-15-12-16-22-46)56-32-26-40(2)34-42(56)4/h11-38H,1-10H3. The van der Waals surface area contributed by atoms with E-state index in [4.69, 9.17) is 0 Å². The van der Waals surface area contributed by atoms with E-state index in [1.165, 1.54) is 88.4 Å². The summed E-state index contributed by atoms with van der Waals surface area (Å²) >= 11 is 0. The Balaban J connectivity index is 1.26. The molecule has 0 unspecified atom stereocenters. The van der Waals surface area contributed by atoms with Gasteiger partial charge in [0.2, 0.25) is 0 Å². The molecule has 0 bridgehead atoms. The lowest BCUT2D eigenvalue weighted by Gasteiger charge is -2.51. The maximum absolute atomic E-state index is 2.65. The number of hydrogen-bond acceptors (Lipinski definition) is 2. The average molecular weight is 851 g/mol. The molecule has 2 nitrogen and oxygen atoms in total. The molecule has 0 saturated heterocycles. The summed E-state index contributed by atoms with van der Waals surface area (Å²) < 4.78 is -0.0714. The van der Waals surface area contributed by atoms with Crippen LogP contribution in [0.25, 0.3) is 43.4 Å². The lowest BCUT2D eigenvalue weighted by molar-refractivity contribution is 0.965. The molecule has 0 radical (unpaired) electrons. The average Bonchev–Trinajstić information content (AvgIpc) is 3.57. The van der Waals surface area contributed by atoms with E-state index >= 15 is 0 Å². The minimum Gasteiger partial charge on any atom is -0.310 e. The van der Waals surface area contributed by atoms with Crippen LogP contribution in [-0.2, 0) is 4.66 Å². The topological polar surface area (TPSA) is 6.48 Å². The van der Waals surface area contributed by atoms with Crippen molar-refractivity contribution >= 4 is 82.6 Å². The zero-order valence-corrected chi connectivity index (χ0v) is 40.6. The van der Waals surface area contributed by atoms with Gasteiger partial charge >= 0.3 is 0 Å². The van der Waals surface area contributed by atoms with E-state index < -0.39 is 16.1 Å². The van der Waals surface area contributed by atoms with Gasteiger partial charge < -0.3 is 9.80 Å². The summed E-state index contributed by atoms with van der Waals surface area (Å²) in [6.45, 7) is 24.7. The predicted molar refractivity (Wildman–Crippen MR) is 280 cm³/mol. The first kappa shape index (κ1) is 40.8. The summed E-state index contributed by atoms with van der Waals surface area (Å²) in [6, 6.07) is 64.4. The van der Waals surface area contributed by atoms with Gasteiger partial charge in [-0.15, -0.1) is 0 Å². The van der Waals surface area contributed by atoms with Crippen molar-refractivity contribution in [3.05, 3.63) is 203 Å². The van der Waals surface area contributed by atoms with Gasteiger partial charge in [0.05, 0.1) is 16.1 Å². The number of rotatable bonds is 8. The van der Waals surface area contributed by atoms with Crippen LogP contribution in [0, 0.1) is 27.7 Å². The van der Waals surface area contributed by atoms with Gasteiger partial charge in [-0.25, -0.2) is 0 Å². The molecule has 0 aliphatic heterocycles. The number of fused-ring (bicyclic) bond motifs is 9. The highest BCUT2D eigenvalue weighted by Crippen LogP contribution is 2.62. The Labute approximate surface area is 376 Å². The zero-order chi connectivity index (χ0) is 44.0. The number of benzene rings is 9. The predicted octanol–water partition coefficient (Wildman–Crippen LogP) is 17.3. The van der Waals surface area contributed by atoms with Crippen molar-refractivity contribution in [3.8, 4) is 11.1 Å². The van der Waals surface area contributed by atoms with Gasteiger partial charge in [0.1, 0.15) is 0 Å². The summed E-state index contributed by atoms with van der Waals surface area (Å²) in [7, 11) is -4.14. The van der Waals surface area contributed by atoms with E-state index in [1.807, 2.05) is 0 Å². The van der Waals surface area contributed by atoms with Gasteiger partial charge in [-0.1, -0.05) is 154 Å². The van der Waals surface area contributed by atoms with Crippen LogP contribution in [0.1, 0.15) is 33.4 Å². The normalized spacial score (nSPS) is 13.4. The van der Waals surface area contributed by atoms with E-state index in [-0.39, 0.29) is 4.66 Å². The number of anilines is 6. The molecule has 0 amide bonds. The number of para-hydroxylation sites is 2. The van der Waals surface area contributed by atoms with Crippen LogP contribution in [0.4, 0.5) is 34.1 Å². The molecule has 0 atom stereocenters. The summed E-state index contributed by atoms with van der Waals surface area (Å²) in [6.07, 6.45) is 0. The molecular weight excluding hydrogens is 793 g/mol. The number of aryl methyl sites for hydroxylation is 4. The van der Waals surface area contributed by atoms with Crippen LogP contribution in [-0.4, -0.2) is 16.1 Å². The Bertz CT molecular complexity index is 3230. The monoisotopic (exact) mass is 850 g/mol. The van der Waals surface area contributed by atoms with Crippen molar-refractivity contribution in [2.24, 2.45) is 0 Å². The van der Waals surface area contributed by atoms with Crippen molar-refractivity contribution in [2.45, 2.75) is 71.6 Å². The Morgan fingerprint density at radius 2 is 0.889 bits per heavy atom. The number of nitrogens with zero attached hydrogens (tertiary/aromatic N) is 2. The second-order valence-corrected chi connectivity index (χ2v) is 31.1. The van der Waals surface area contributed by atoms with Crippen LogP contribution in [0.3, 0.4) is 0 Å². The molecular formula is C59H58N2Si2. The van der Waals surface area contributed by atoms with Crippen LogP contribution in [0.15, 0.2) is 170 Å². The molecule has 0 heterocycles. The molecule has 63 heavy (non-hydrogen) atoms. The van der Waals surface area contributed by atoms with Gasteiger partial charge in [0.15, 0.2) is 0 Å². The molecule has 0 aromatic heterocycles. The molecule has 4 heteroatoms. The van der Waals surface area contributed by atoms with Crippen molar-refractivity contribution in [1.29, 1.82) is 0 Å². The highest BCUT2D eigenvalue weighted by molar-refractivity contribution is 7.00. The van der Waals surface area contributed by atoms with E-state index in [2.05, 4.69) is 247 Å². The minimum absolute atomic E-state index is 0.0714. The van der Waals surface area contributed by atoms with Crippen molar-refractivity contribution in [1.82, 2.24) is 0 Å². The van der Waals surface area contributed by atoms with Crippen LogP contribution in [0.2, 0.25) is 39.3 Å². The van der Waals surface area contributed by atoms with Crippen molar-refractivity contribution in [2.75, 3.05) is 9.80 Å². The Hall–Kier alpha value is -6.21. The second-order valence-electron chi connectivity index (χ2n) is 20.1. The SMILES string of the molecule is Cc1ccc(N(c2ccccc2)c2ccc3cc4c(cc3c2)C([Si](C)(C)C)([Si](C)(C)C)c2c-4c3ccccc3c3cc(N(c4ccccc4)c4ccc(C)cc4C)ccc23)c(C)c1. The minimum atomic E-state index is -2.07. The van der Waals surface area contributed by atoms with Gasteiger partial charge in [0.25, 0.3) is 0 Å². The van der Waals surface area contributed by atoms with Gasteiger partial charge in [-0.2, -0.15) is 0 Å². The molecule has 0 saturated carbocycles. The largest absolute Gasteiger partial charge is 0.310 e. The first-order chi connectivity index (χ1) is 30.2. The molecule has 0 fully saturated rings. The number of hydrogen-bond donors (Lipinski definition) is 0. The summed E-state index contributed by atoms with van der Waals surface area (Å²) in [4.78, 5) is 4.90. The first-order valence-electron chi connectivity index (χ1n) is 22.6. The van der Waals surface area contributed by atoms with Gasteiger partial charge in [0, 0.05) is 38.8 Å². The third-order valence-electron chi connectivity index (χ3n) is 14.0. The Morgan fingerprint density at radius 3 is 1.43 bits per heavy atom. The highest BCUT2D eigenvalue weighted by Gasteiger charge is 2.60. The van der Waals surface area contributed by atoms with Crippen LogP contribution in [0.5, 0.6) is 0 Å². The van der Waals surface area contributed by atoms with E-state index in [0.717, 1.165) is 11.4 Å². The Kier molecular flexibility index (Phi) is 9.70. The zero-order valence-electron chi connectivity index (χ0n) is 38.6. The van der Waals surface area contributed by atoms with Crippen molar-refractivity contribution < 1.29 is 0 Å². The van der Waals surface area contributed by atoms with Crippen LogP contribution < -0.4 is 9.80 Å². The second kappa shape index (κ2) is 15.0. The van der Waals surface area contributed by atoms with E-state index in [1.54, 1.807) is 11.1 Å². The lowest BCUT2D eigenvalue weighted by Crippen LogP contribution is -2.63. The maximum atomic E-state index is 2.65. The smallest absolute Gasteiger partial charge is 0.0579 e. The summed E-state index contributed by atoms with van der Waals surface area (Å²) in [5.41, 5.74) is 18.2. The quantitative estimate of drug-likeness (QED) is 0.111. The fraction of sp³-hybridized carbons (Fsp3) is 0.186. The van der Waals surface area contributed by atoms with Crippen molar-refractivity contribution in [3.63, 3.8) is 0 Å². The highest BCUT2D eigenvalue weighted by atomic mass is 28.4. The summed E-state index contributed by atoms with van der Waals surface area (Å²) in [5.74, 6) is 0. The molecule has 9 aromatic carbocycles. The van der Waals surface area contributed by atoms with Gasteiger partial charge in [-0.05, 0) is 160 Å². The fourth-order valence-corrected chi connectivity index (χ4v) is 24.9. The van der Waals surface area contributed by atoms with E-state index in [0.29, 0.717) is 0 Å². The van der Waals surface area contributed by atoms with Crippen LogP contribution >= 0.6 is 0 Å². The first-order valence-corrected chi connectivity index (χ1v) is 29.6. The molecule has 1 aliphatic carbocycles. The fourth-order valence-electron chi connectivity index (χ4n) is 11.9.